The molecule has 0 aromatic heterocycles. The molecule has 0 spiro atoms. The van der Waals surface area contributed by atoms with Crippen LogP contribution in [0.4, 0.5) is 4.79 Å². The van der Waals surface area contributed by atoms with Gasteiger partial charge in [-0.1, -0.05) is 51.9 Å². The van der Waals surface area contributed by atoms with Crippen LogP contribution < -0.4 is 21.4 Å². The Hall–Kier alpha value is -2.30. The molecule has 0 aromatic carbocycles. The molecule has 3 saturated heterocycles. The molecule has 10 nitrogen and oxygen atoms in total. The van der Waals surface area contributed by atoms with Gasteiger partial charge in [0, 0.05) is 29.6 Å². The Kier molecular flexibility index (Phi) is 12.5. The number of cyclic esters (lactones) is 1. The summed E-state index contributed by atoms with van der Waals surface area (Å²) in [7, 11) is 0. The Balaban J connectivity index is 1.38. The van der Waals surface area contributed by atoms with Crippen molar-refractivity contribution in [2.45, 2.75) is 120 Å². The minimum atomic E-state index is -0.594. The second kappa shape index (κ2) is 15.8. The Morgan fingerprint density at radius 2 is 1.76 bits per heavy atom. The predicted molar refractivity (Wildman–Crippen MR) is 144 cm³/mol. The van der Waals surface area contributed by atoms with Crippen LogP contribution in [0.2, 0.25) is 0 Å². The van der Waals surface area contributed by atoms with E-state index in [1.54, 1.807) is 0 Å². The lowest BCUT2D eigenvalue weighted by Gasteiger charge is -2.16. The van der Waals surface area contributed by atoms with Crippen LogP contribution in [-0.4, -0.2) is 65.3 Å². The van der Waals surface area contributed by atoms with Gasteiger partial charge < -0.3 is 20.7 Å². The van der Waals surface area contributed by atoms with Gasteiger partial charge in [-0.15, -0.1) is 0 Å². The zero-order chi connectivity index (χ0) is 26.5. The first-order valence-electron chi connectivity index (χ1n) is 13.9. The average Bonchev–Trinajstić information content (AvgIpc) is 3.55. The number of thioether (sulfide) groups is 1. The van der Waals surface area contributed by atoms with Crippen molar-refractivity contribution < 1.29 is 23.9 Å². The van der Waals surface area contributed by atoms with Gasteiger partial charge in [0.05, 0.1) is 25.1 Å². The van der Waals surface area contributed by atoms with E-state index in [4.69, 9.17) is 4.74 Å². The van der Waals surface area contributed by atoms with E-state index < -0.39 is 12.0 Å². The molecular weight excluding hydrogens is 494 g/mol. The predicted octanol–water partition coefficient (Wildman–Crippen LogP) is 3.15. The summed E-state index contributed by atoms with van der Waals surface area (Å²) >= 11 is 1.87. The highest BCUT2D eigenvalue weighted by Gasteiger charge is 2.42. The van der Waals surface area contributed by atoms with E-state index in [2.05, 4.69) is 33.4 Å². The maximum Gasteiger partial charge on any atom is 0.328 e. The first-order chi connectivity index (χ1) is 18.0. The van der Waals surface area contributed by atoms with Crippen molar-refractivity contribution in [3.05, 3.63) is 0 Å². The maximum atomic E-state index is 12.5. The fourth-order valence-electron chi connectivity index (χ4n) is 5.00. The van der Waals surface area contributed by atoms with Gasteiger partial charge in [-0.3, -0.25) is 9.59 Å². The quantitative estimate of drug-likeness (QED) is 0.0739. The van der Waals surface area contributed by atoms with Gasteiger partial charge in [0.1, 0.15) is 6.04 Å². The molecule has 11 heteroatoms. The molecular formula is C26H43N5O5S. The highest BCUT2D eigenvalue weighted by molar-refractivity contribution is 8.00. The average molecular weight is 538 g/mol. The lowest BCUT2D eigenvalue weighted by atomic mass is 10.0. The number of unbranched alkanes of at least 4 members (excludes halogenated alkanes) is 7. The van der Waals surface area contributed by atoms with Crippen molar-refractivity contribution in [1.82, 2.24) is 21.4 Å². The van der Waals surface area contributed by atoms with Crippen molar-refractivity contribution in [3.8, 4) is 0 Å². The minimum Gasteiger partial charge on any atom is -0.464 e. The number of fused-ring (bicyclic) bond motifs is 1. The summed E-state index contributed by atoms with van der Waals surface area (Å²) in [5, 5.41) is 13.3. The largest absolute Gasteiger partial charge is 0.464 e. The zero-order valence-electron chi connectivity index (χ0n) is 22.0. The lowest BCUT2D eigenvalue weighted by Crippen LogP contribution is -2.39. The molecule has 3 heterocycles. The van der Waals surface area contributed by atoms with Crippen LogP contribution in [0.25, 0.3) is 0 Å². The molecule has 0 saturated carbocycles. The number of ether oxygens (including phenoxy) is 1. The van der Waals surface area contributed by atoms with Crippen LogP contribution in [0.1, 0.15) is 96.8 Å². The van der Waals surface area contributed by atoms with Crippen LogP contribution in [0.3, 0.4) is 0 Å². The third kappa shape index (κ3) is 10.2. The summed E-state index contributed by atoms with van der Waals surface area (Å²) in [6.07, 6.45) is 12.2. The van der Waals surface area contributed by atoms with Gasteiger partial charge in [-0.2, -0.15) is 16.9 Å². The molecule has 37 heavy (non-hydrogen) atoms. The van der Waals surface area contributed by atoms with Crippen LogP contribution in [0.5, 0.6) is 0 Å². The molecule has 0 aromatic rings. The van der Waals surface area contributed by atoms with E-state index in [1.165, 1.54) is 25.7 Å². The Morgan fingerprint density at radius 1 is 1.00 bits per heavy atom. The van der Waals surface area contributed by atoms with E-state index in [9.17, 15) is 19.2 Å². The standard InChI is InChI=1S/C26H43N5O5S/c1-2-3-4-5-6-7-8-11-18(16-23(33)27-19-14-15-36-25(19)34)30-31-22(32)13-10-9-12-21-24-20(17-37-21)28-26(35)29-24/h19-21,24H,2-17H2,1H3,(H,27,33)(H,31,32)(H2,28,29,35)/b30-18-/t19-,20-,21-,24-/m0/s1. The molecule has 3 aliphatic heterocycles. The minimum absolute atomic E-state index is 0.0567. The number of carbonyl (C=O) groups is 4. The monoisotopic (exact) mass is 537 g/mol. The van der Waals surface area contributed by atoms with Gasteiger partial charge in [-0.25, -0.2) is 15.0 Å². The van der Waals surface area contributed by atoms with Gasteiger partial charge in [-0.05, 0) is 25.7 Å². The first kappa shape index (κ1) is 29.3. The number of urea groups is 1. The summed E-state index contributed by atoms with van der Waals surface area (Å²) in [5.74, 6) is 0.0935. The molecule has 0 bridgehead atoms. The van der Waals surface area contributed by atoms with Crippen molar-refractivity contribution in [2.24, 2.45) is 5.10 Å². The molecule has 0 aliphatic carbocycles. The van der Waals surface area contributed by atoms with E-state index in [0.717, 1.165) is 44.3 Å². The van der Waals surface area contributed by atoms with Crippen LogP contribution >= 0.6 is 11.8 Å². The summed E-state index contributed by atoms with van der Waals surface area (Å²) < 4.78 is 4.91. The Labute approximate surface area is 224 Å². The topological polar surface area (TPSA) is 138 Å². The number of nitrogens with zero attached hydrogens (tertiary/aromatic N) is 1. The van der Waals surface area contributed by atoms with Crippen LogP contribution in [0.15, 0.2) is 5.10 Å². The summed E-state index contributed by atoms with van der Waals surface area (Å²) in [5.41, 5.74) is 3.26. The van der Waals surface area contributed by atoms with Gasteiger partial charge >= 0.3 is 12.0 Å². The fraction of sp³-hybridized carbons (Fsp3) is 0.808. The molecule has 3 fully saturated rings. The number of hydrogen-bond donors (Lipinski definition) is 4. The molecule has 4 atom stereocenters. The smallest absolute Gasteiger partial charge is 0.328 e. The Bertz CT molecular complexity index is 823. The number of nitrogens with one attached hydrogen (secondary N) is 4. The summed E-state index contributed by atoms with van der Waals surface area (Å²) in [6, 6.07) is -0.279. The SMILES string of the molecule is CCCCCCCCC/C(CC(=O)N[C@H]1CCOC1=O)=N/NC(=O)CCCC[C@@H]1SC[C@@H]2NC(=O)N[C@@H]21. The number of hydrogen-bond acceptors (Lipinski definition) is 7. The van der Waals surface area contributed by atoms with Crippen LogP contribution in [0, 0.1) is 0 Å². The molecule has 4 amide bonds. The third-order valence-electron chi connectivity index (χ3n) is 7.12. The van der Waals surface area contributed by atoms with Crippen molar-refractivity contribution >= 4 is 41.3 Å². The highest BCUT2D eigenvalue weighted by Crippen LogP contribution is 2.33. The second-order valence-electron chi connectivity index (χ2n) is 10.2. The van der Waals surface area contributed by atoms with Crippen molar-refractivity contribution in [3.63, 3.8) is 0 Å². The molecule has 3 rings (SSSR count). The van der Waals surface area contributed by atoms with Crippen molar-refractivity contribution in [2.75, 3.05) is 12.4 Å². The summed E-state index contributed by atoms with van der Waals surface area (Å²) in [6.45, 7) is 2.52. The third-order valence-corrected chi connectivity index (χ3v) is 8.63. The van der Waals surface area contributed by atoms with Gasteiger partial charge in [0.2, 0.25) is 11.8 Å². The van der Waals surface area contributed by atoms with E-state index in [0.29, 0.717) is 36.8 Å². The van der Waals surface area contributed by atoms with E-state index in [1.807, 2.05) is 11.8 Å². The maximum absolute atomic E-state index is 12.5. The zero-order valence-corrected chi connectivity index (χ0v) is 22.8. The van der Waals surface area contributed by atoms with E-state index in [-0.39, 0.29) is 36.3 Å². The number of hydrazone groups is 1. The van der Waals surface area contributed by atoms with Gasteiger partial charge in [0.15, 0.2) is 0 Å². The normalized spacial score (nSPS) is 24.8. The van der Waals surface area contributed by atoms with Gasteiger partial charge in [0.25, 0.3) is 0 Å². The molecule has 3 aliphatic rings. The fourth-order valence-corrected chi connectivity index (χ4v) is 6.54. The number of carbonyl (C=O) groups excluding carboxylic acids is 4. The number of rotatable bonds is 17. The number of esters is 1. The molecule has 0 radical (unpaired) electrons. The molecule has 208 valence electrons. The van der Waals surface area contributed by atoms with E-state index >= 15 is 0 Å². The Morgan fingerprint density at radius 3 is 2.51 bits per heavy atom. The lowest BCUT2D eigenvalue weighted by molar-refractivity contribution is -0.141. The molecule has 0 unspecified atom stereocenters. The van der Waals surface area contributed by atoms with Crippen LogP contribution in [-0.2, 0) is 19.1 Å². The molecule has 4 N–H and O–H groups in total. The first-order valence-corrected chi connectivity index (χ1v) is 15.0. The second-order valence-corrected chi connectivity index (χ2v) is 11.5. The highest BCUT2D eigenvalue weighted by atomic mass is 32.2. The number of amides is 4. The van der Waals surface area contributed by atoms with Crippen molar-refractivity contribution in [1.29, 1.82) is 0 Å². The summed E-state index contributed by atoms with van der Waals surface area (Å²) in [4.78, 5) is 48.1.